The number of fused-ring (bicyclic) bond motifs is 1. The molecule has 1 N–H and O–H groups in total. The average Bonchev–Trinajstić information content (AvgIpc) is 3.04. The Morgan fingerprint density at radius 2 is 2.24 bits per heavy atom. The van der Waals surface area contributed by atoms with Gasteiger partial charge in [0.2, 0.25) is 0 Å². The number of morpholine rings is 1. The van der Waals surface area contributed by atoms with E-state index in [0.29, 0.717) is 36.7 Å². The number of hydrogen-bond acceptors (Lipinski definition) is 4. The monoisotopic (exact) mass is 340 g/mol. The Bertz CT molecular complexity index is 940. The van der Waals surface area contributed by atoms with Crippen molar-refractivity contribution in [2.75, 3.05) is 19.7 Å². The van der Waals surface area contributed by atoms with Crippen LogP contribution in [0.2, 0.25) is 0 Å². The molecule has 0 spiro atoms. The SMILES string of the molecule is Cc1ccnc(C2CN(C(=O)c3cc4ccc(F)cc4[nH]3)CCO2)n1. The molecule has 1 aromatic carbocycles. The molecule has 1 atom stereocenters. The number of benzene rings is 1. The molecule has 1 fully saturated rings. The molecule has 3 aromatic rings. The van der Waals surface area contributed by atoms with Crippen molar-refractivity contribution in [1.82, 2.24) is 19.9 Å². The molecule has 6 nitrogen and oxygen atoms in total. The van der Waals surface area contributed by atoms with Crippen molar-refractivity contribution in [2.45, 2.75) is 13.0 Å². The number of hydrogen-bond donors (Lipinski definition) is 1. The van der Waals surface area contributed by atoms with Crippen LogP contribution in [-0.2, 0) is 4.74 Å². The summed E-state index contributed by atoms with van der Waals surface area (Å²) in [5.41, 5.74) is 1.90. The quantitative estimate of drug-likeness (QED) is 0.778. The smallest absolute Gasteiger partial charge is 0.270 e. The Balaban J connectivity index is 1.56. The van der Waals surface area contributed by atoms with E-state index in [-0.39, 0.29) is 17.8 Å². The Kier molecular flexibility index (Phi) is 3.93. The molecule has 1 aliphatic heterocycles. The predicted octanol–water partition coefficient (Wildman–Crippen LogP) is 2.62. The first-order chi connectivity index (χ1) is 12.1. The topological polar surface area (TPSA) is 71.1 Å². The number of carbonyl (C=O) groups excluding carboxylic acids is 1. The molecular formula is C18H17FN4O2. The minimum absolute atomic E-state index is 0.141. The third kappa shape index (κ3) is 3.10. The molecule has 128 valence electrons. The van der Waals surface area contributed by atoms with E-state index in [0.717, 1.165) is 11.1 Å². The van der Waals surface area contributed by atoms with Crippen LogP contribution in [0.4, 0.5) is 4.39 Å². The van der Waals surface area contributed by atoms with E-state index < -0.39 is 0 Å². The molecule has 1 unspecified atom stereocenters. The maximum absolute atomic E-state index is 13.3. The van der Waals surface area contributed by atoms with Gasteiger partial charge < -0.3 is 14.6 Å². The van der Waals surface area contributed by atoms with Gasteiger partial charge in [0.15, 0.2) is 5.82 Å². The average molecular weight is 340 g/mol. The van der Waals surface area contributed by atoms with E-state index in [9.17, 15) is 9.18 Å². The molecule has 2 aromatic heterocycles. The van der Waals surface area contributed by atoms with Crippen LogP contribution in [0.25, 0.3) is 10.9 Å². The van der Waals surface area contributed by atoms with Crippen molar-refractivity contribution >= 4 is 16.8 Å². The molecule has 7 heteroatoms. The van der Waals surface area contributed by atoms with Crippen molar-refractivity contribution in [2.24, 2.45) is 0 Å². The molecular weight excluding hydrogens is 323 g/mol. The van der Waals surface area contributed by atoms with Gasteiger partial charge in [-0.2, -0.15) is 0 Å². The molecule has 0 aliphatic carbocycles. The number of H-pyrrole nitrogens is 1. The summed E-state index contributed by atoms with van der Waals surface area (Å²) in [7, 11) is 0. The van der Waals surface area contributed by atoms with Gasteiger partial charge in [0, 0.05) is 29.3 Å². The van der Waals surface area contributed by atoms with Gasteiger partial charge in [-0.15, -0.1) is 0 Å². The first-order valence-corrected chi connectivity index (χ1v) is 8.09. The number of nitrogens with one attached hydrogen (secondary N) is 1. The normalized spacial score (nSPS) is 17.8. The van der Waals surface area contributed by atoms with Gasteiger partial charge in [0.25, 0.3) is 5.91 Å². The summed E-state index contributed by atoms with van der Waals surface area (Å²) in [5, 5.41) is 0.802. The number of nitrogens with zero attached hydrogens (tertiary/aromatic N) is 3. The number of aromatic amines is 1. The first-order valence-electron chi connectivity index (χ1n) is 8.09. The Morgan fingerprint density at radius 3 is 3.08 bits per heavy atom. The summed E-state index contributed by atoms with van der Waals surface area (Å²) in [6, 6.07) is 7.98. The molecule has 0 bridgehead atoms. The summed E-state index contributed by atoms with van der Waals surface area (Å²) >= 11 is 0. The number of rotatable bonds is 2. The van der Waals surface area contributed by atoms with Gasteiger partial charge in [0.05, 0.1) is 13.2 Å². The molecule has 1 aliphatic rings. The fourth-order valence-electron chi connectivity index (χ4n) is 3.00. The second-order valence-electron chi connectivity index (χ2n) is 6.08. The summed E-state index contributed by atoms with van der Waals surface area (Å²) in [4.78, 5) is 26.1. The van der Waals surface area contributed by atoms with Gasteiger partial charge in [-0.25, -0.2) is 14.4 Å². The molecule has 1 amide bonds. The zero-order valence-electron chi connectivity index (χ0n) is 13.7. The first kappa shape index (κ1) is 15.7. The zero-order chi connectivity index (χ0) is 17.4. The Hall–Kier alpha value is -2.80. The van der Waals surface area contributed by atoms with Crippen LogP contribution in [0, 0.1) is 12.7 Å². The van der Waals surface area contributed by atoms with E-state index in [1.165, 1.54) is 12.1 Å². The van der Waals surface area contributed by atoms with Crippen molar-refractivity contribution in [3.05, 3.63) is 59.6 Å². The predicted molar refractivity (Wildman–Crippen MR) is 89.6 cm³/mol. The third-order valence-corrected chi connectivity index (χ3v) is 4.27. The van der Waals surface area contributed by atoms with Crippen LogP contribution in [0.3, 0.4) is 0 Å². The molecule has 3 heterocycles. The van der Waals surface area contributed by atoms with Gasteiger partial charge in [-0.05, 0) is 37.3 Å². The van der Waals surface area contributed by atoms with Gasteiger partial charge in [-0.1, -0.05) is 0 Å². The van der Waals surface area contributed by atoms with Crippen LogP contribution < -0.4 is 0 Å². The Labute approximate surface area is 143 Å². The van der Waals surface area contributed by atoms with Crippen molar-refractivity contribution in [3.63, 3.8) is 0 Å². The number of aromatic nitrogens is 3. The van der Waals surface area contributed by atoms with E-state index in [1.807, 2.05) is 13.0 Å². The molecule has 1 saturated heterocycles. The largest absolute Gasteiger partial charge is 0.367 e. The molecule has 4 rings (SSSR count). The summed E-state index contributed by atoms with van der Waals surface area (Å²) in [6.07, 6.45) is 1.34. The highest BCUT2D eigenvalue weighted by Crippen LogP contribution is 2.22. The van der Waals surface area contributed by atoms with Crippen LogP contribution >= 0.6 is 0 Å². The minimum Gasteiger partial charge on any atom is -0.367 e. The van der Waals surface area contributed by atoms with Gasteiger partial charge >= 0.3 is 0 Å². The highest BCUT2D eigenvalue weighted by molar-refractivity contribution is 5.98. The van der Waals surface area contributed by atoms with E-state index in [2.05, 4.69) is 15.0 Å². The second-order valence-corrected chi connectivity index (χ2v) is 6.08. The van der Waals surface area contributed by atoms with Gasteiger partial charge in [0.1, 0.15) is 17.6 Å². The number of amides is 1. The highest BCUT2D eigenvalue weighted by atomic mass is 19.1. The van der Waals surface area contributed by atoms with E-state index in [4.69, 9.17) is 4.74 Å². The summed E-state index contributed by atoms with van der Waals surface area (Å²) in [6.45, 7) is 3.18. The number of ether oxygens (including phenoxy) is 1. The lowest BCUT2D eigenvalue weighted by molar-refractivity contribution is -0.0270. The Morgan fingerprint density at radius 1 is 1.36 bits per heavy atom. The summed E-state index contributed by atoms with van der Waals surface area (Å²) < 4.78 is 19.1. The van der Waals surface area contributed by atoms with E-state index >= 15 is 0 Å². The molecule has 25 heavy (non-hydrogen) atoms. The van der Waals surface area contributed by atoms with Crippen LogP contribution in [0.1, 0.15) is 28.1 Å². The lowest BCUT2D eigenvalue weighted by Crippen LogP contribution is -2.42. The number of aryl methyl sites for hydroxylation is 1. The zero-order valence-corrected chi connectivity index (χ0v) is 13.7. The fraction of sp³-hybridized carbons (Fsp3) is 0.278. The molecule has 0 saturated carbocycles. The van der Waals surface area contributed by atoms with Crippen molar-refractivity contribution < 1.29 is 13.9 Å². The third-order valence-electron chi connectivity index (χ3n) is 4.27. The molecule has 0 radical (unpaired) electrons. The standard InChI is InChI=1S/C18H17FN4O2/c1-11-4-5-20-17(21-11)16-10-23(6-7-25-16)18(24)15-8-12-2-3-13(19)9-14(12)22-15/h2-5,8-9,16,22H,6-7,10H2,1H3. The number of halogens is 1. The lowest BCUT2D eigenvalue weighted by atomic mass is 10.2. The lowest BCUT2D eigenvalue weighted by Gasteiger charge is -2.32. The van der Waals surface area contributed by atoms with Crippen molar-refractivity contribution in [3.8, 4) is 0 Å². The van der Waals surface area contributed by atoms with Crippen LogP contribution in [0.5, 0.6) is 0 Å². The minimum atomic E-state index is -0.348. The van der Waals surface area contributed by atoms with Crippen LogP contribution in [-0.4, -0.2) is 45.5 Å². The fourth-order valence-corrected chi connectivity index (χ4v) is 3.00. The van der Waals surface area contributed by atoms with Gasteiger partial charge in [-0.3, -0.25) is 4.79 Å². The van der Waals surface area contributed by atoms with E-state index in [1.54, 1.807) is 23.2 Å². The second kappa shape index (κ2) is 6.25. The highest BCUT2D eigenvalue weighted by Gasteiger charge is 2.28. The van der Waals surface area contributed by atoms with Crippen molar-refractivity contribution in [1.29, 1.82) is 0 Å². The maximum Gasteiger partial charge on any atom is 0.270 e. The maximum atomic E-state index is 13.3. The summed E-state index contributed by atoms with van der Waals surface area (Å²) in [5.74, 6) is 0.102. The number of carbonyl (C=O) groups is 1. The van der Waals surface area contributed by atoms with Crippen LogP contribution in [0.15, 0.2) is 36.5 Å².